The Labute approximate surface area is 237 Å². The normalized spacial score (nSPS) is 22.7. The average molecular weight is 539 g/mol. The molecule has 2 fully saturated rings. The molecule has 2 heterocycles. The molecule has 0 bridgehead atoms. The third-order valence-electron chi connectivity index (χ3n) is 8.21. The Morgan fingerprint density at radius 1 is 0.975 bits per heavy atom. The molecular weight excluding hydrogens is 500 g/mol. The first kappa shape index (κ1) is 27.7. The SMILES string of the molecule is COc1ccc(NC(=O)N2CC[C@@H](N(C)C)CN3[C@H](CO)[C@H](c4ccc(C#Cc5ccccc5)cc4)[C@@H]3C2)cc1. The molecular formula is C33H38N4O3. The van der Waals surface area contributed by atoms with Crippen molar-refractivity contribution in [2.75, 3.05) is 52.8 Å². The van der Waals surface area contributed by atoms with Crippen LogP contribution in [-0.4, -0.2) is 91.4 Å². The topological polar surface area (TPSA) is 68.3 Å². The Kier molecular flexibility index (Phi) is 8.71. The minimum atomic E-state index is -0.109. The molecule has 2 N–H and O–H groups in total. The number of rotatable bonds is 5. The first-order valence-corrected chi connectivity index (χ1v) is 13.9. The van der Waals surface area contributed by atoms with E-state index in [1.165, 1.54) is 5.56 Å². The summed E-state index contributed by atoms with van der Waals surface area (Å²) in [7, 11) is 5.80. The summed E-state index contributed by atoms with van der Waals surface area (Å²) in [6, 6.07) is 26.0. The number of aliphatic hydroxyl groups excluding tert-OH is 1. The molecule has 7 nitrogen and oxygen atoms in total. The number of carbonyl (C=O) groups excluding carboxylic acids is 1. The predicted octanol–water partition coefficient (Wildman–Crippen LogP) is 4.09. The predicted molar refractivity (Wildman–Crippen MR) is 159 cm³/mol. The molecule has 0 radical (unpaired) electrons. The number of nitrogens with one attached hydrogen (secondary N) is 1. The highest BCUT2D eigenvalue weighted by atomic mass is 16.5. The van der Waals surface area contributed by atoms with Gasteiger partial charge in [0.2, 0.25) is 0 Å². The van der Waals surface area contributed by atoms with E-state index in [1.807, 2.05) is 59.5 Å². The van der Waals surface area contributed by atoms with Crippen LogP contribution in [0.2, 0.25) is 0 Å². The zero-order valence-corrected chi connectivity index (χ0v) is 23.5. The molecule has 208 valence electrons. The van der Waals surface area contributed by atoms with Crippen molar-refractivity contribution in [2.45, 2.75) is 30.5 Å². The van der Waals surface area contributed by atoms with Crippen molar-refractivity contribution < 1.29 is 14.6 Å². The highest BCUT2D eigenvalue weighted by Crippen LogP contribution is 2.42. The number of aliphatic hydroxyl groups is 1. The van der Waals surface area contributed by atoms with E-state index in [9.17, 15) is 9.90 Å². The number of nitrogens with zero attached hydrogens (tertiary/aromatic N) is 3. The fraction of sp³-hybridized carbons (Fsp3) is 0.364. The van der Waals surface area contributed by atoms with Gasteiger partial charge in [0.25, 0.3) is 0 Å². The molecule has 2 aliphatic heterocycles. The number of likely N-dealkylation sites (N-methyl/N-ethyl adjacent to an activating group) is 1. The summed E-state index contributed by atoms with van der Waals surface area (Å²) in [5.41, 5.74) is 3.84. The second kappa shape index (κ2) is 12.6. The zero-order chi connectivity index (χ0) is 28.1. The molecule has 3 aromatic rings. The van der Waals surface area contributed by atoms with Gasteiger partial charge in [-0.1, -0.05) is 42.2 Å². The van der Waals surface area contributed by atoms with E-state index in [0.717, 1.165) is 35.5 Å². The molecule has 40 heavy (non-hydrogen) atoms. The molecule has 4 atom stereocenters. The maximum atomic E-state index is 13.5. The number of urea groups is 1. The molecule has 7 heteroatoms. The van der Waals surface area contributed by atoms with Gasteiger partial charge in [-0.25, -0.2) is 4.79 Å². The molecule has 0 saturated carbocycles. The summed E-state index contributed by atoms with van der Waals surface area (Å²) >= 11 is 0. The highest BCUT2D eigenvalue weighted by Gasteiger charge is 2.50. The Hall–Kier alpha value is -3.83. The lowest BCUT2D eigenvalue weighted by atomic mass is 9.74. The quantitative estimate of drug-likeness (QED) is 0.479. The van der Waals surface area contributed by atoms with E-state index < -0.39 is 0 Å². The number of hydrogen-bond acceptors (Lipinski definition) is 5. The van der Waals surface area contributed by atoms with Crippen LogP contribution in [0.5, 0.6) is 5.75 Å². The number of methoxy groups -OCH3 is 1. The van der Waals surface area contributed by atoms with Crippen LogP contribution in [0.3, 0.4) is 0 Å². The second-order valence-electron chi connectivity index (χ2n) is 10.8. The molecule has 2 aliphatic rings. The smallest absolute Gasteiger partial charge is 0.321 e. The van der Waals surface area contributed by atoms with Crippen LogP contribution in [0.25, 0.3) is 0 Å². The number of amides is 2. The van der Waals surface area contributed by atoms with Crippen molar-refractivity contribution in [2.24, 2.45) is 0 Å². The summed E-state index contributed by atoms with van der Waals surface area (Å²) in [6.45, 7) is 2.21. The van der Waals surface area contributed by atoms with Crippen LogP contribution in [0.4, 0.5) is 10.5 Å². The molecule has 5 rings (SSSR count). The van der Waals surface area contributed by atoms with Crippen molar-refractivity contribution in [3.63, 3.8) is 0 Å². The monoisotopic (exact) mass is 538 g/mol. The van der Waals surface area contributed by atoms with Gasteiger partial charge in [0, 0.05) is 60.5 Å². The van der Waals surface area contributed by atoms with Gasteiger partial charge in [0.05, 0.1) is 13.7 Å². The first-order chi connectivity index (χ1) is 19.5. The van der Waals surface area contributed by atoms with Crippen LogP contribution in [0.15, 0.2) is 78.9 Å². The molecule has 2 saturated heterocycles. The van der Waals surface area contributed by atoms with Gasteiger partial charge in [-0.3, -0.25) is 4.90 Å². The Balaban J connectivity index is 1.36. The molecule has 0 unspecified atom stereocenters. The molecule has 3 aromatic carbocycles. The highest BCUT2D eigenvalue weighted by molar-refractivity contribution is 5.89. The summed E-state index contributed by atoms with van der Waals surface area (Å²) < 4.78 is 5.24. The van der Waals surface area contributed by atoms with Gasteiger partial charge in [-0.05, 0) is 74.6 Å². The first-order valence-electron chi connectivity index (χ1n) is 13.9. The molecule has 0 spiro atoms. The fourth-order valence-corrected chi connectivity index (χ4v) is 5.86. The zero-order valence-electron chi connectivity index (χ0n) is 23.5. The van der Waals surface area contributed by atoms with Gasteiger partial charge in [-0.15, -0.1) is 0 Å². The van der Waals surface area contributed by atoms with Crippen molar-refractivity contribution in [3.05, 3.63) is 95.6 Å². The number of hydrogen-bond donors (Lipinski definition) is 2. The number of carbonyl (C=O) groups is 1. The summed E-state index contributed by atoms with van der Waals surface area (Å²) in [5.74, 6) is 7.34. The number of benzene rings is 3. The van der Waals surface area contributed by atoms with Crippen molar-refractivity contribution in [3.8, 4) is 17.6 Å². The number of fused-ring (bicyclic) bond motifs is 1. The summed E-state index contributed by atoms with van der Waals surface area (Å²) in [6.07, 6.45) is 0.865. The molecule has 2 amide bonds. The third kappa shape index (κ3) is 6.15. The lowest BCUT2D eigenvalue weighted by Crippen LogP contribution is -2.70. The van der Waals surface area contributed by atoms with E-state index in [0.29, 0.717) is 13.1 Å². The van der Waals surface area contributed by atoms with Gasteiger partial charge in [-0.2, -0.15) is 0 Å². The minimum absolute atomic E-state index is 0.0123. The van der Waals surface area contributed by atoms with Gasteiger partial charge < -0.3 is 25.0 Å². The van der Waals surface area contributed by atoms with Gasteiger partial charge in [0.15, 0.2) is 0 Å². The second-order valence-corrected chi connectivity index (χ2v) is 10.8. The fourth-order valence-electron chi connectivity index (χ4n) is 5.86. The van der Waals surface area contributed by atoms with E-state index in [4.69, 9.17) is 4.74 Å². The van der Waals surface area contributed by atoms with Crippen LogP contribution in [-0.2, 0) is 0 Å². The van der Waals surface area contributed by atoms with Crippen LogP contribution in [0, 0.1) is 11.8 Å². The maximum absolute atomic E-state index is 13.5. The Morgan fingerprint density at radius 2 is 1.65 bits per heavy atom. The van der Waals surface area contributed by atoms with Crippen LogP contribution in [0.1, 0.15) is 29.0 Å². The van der Waals surface area contributed by atoms with Crippen molar-refractivity contribution >= 4 is 11.7 Å². The van der Waals surface area contributed by atoms with Crippen LogP contribution < -0.4 is 10.1 Å². The third-order valence-corrected chi connectivity index (χ3v) is 8.21. The van der Waals surface area contributed by atoms with E-state index in [1.54, 1.807) is 7.11 Å². The molecule has 0 aliphatic carbocycles. The maximum Gasteiger partial charge on any atom is 0.321 e. The summed E-state index contributed by atoms with van der Waals surface area (Å²) in [4.78, 5) is 20.0. The van der Waals surface area contributed by atoms with Gasteiger partial charge in [0.1, 0.15) is 5.75 Å². The van der Waals surface area contributed by atoms with E-state index in [2.05, 4.69) is 65.3 Å². The largest absolute Gasteiger partial charge is 0.497 e. The number of anilines is 1. The van der Waals surface area contributed by atoms with Gasteiger partial charge >= 0.3 is 6.03 Å². The van der Waals surface area contributed by atoms with Crippen LogP contribution >= 0.6 is 0 Å². The number of ether oxygens (including phenoxy) is 1. The standard InChI is InChI=1S/C33H38N4O3/c1-35(2)28-19-20-36(33(39)34-27-15-17-29(40-3)18-16-27)22-30-32(31(23-38)37(30)21-28)26-13-11-25(12-14-26)10-9-24-7-5-4-6-8-24/h4-8,11-18,28,30-32,38H,19-23H2,1-3H3,(H,34,39)/t28-,30+,31-,32-/m1/s1. The lowest BCUT2D eigenvalue weighted by molar-refractivity contribution is -0.0723. The summed E-state index contributed by atoms with van der Waals surface area (Å²) in [5, 5.41) is 13.5. The van der Waals surface area contributed by atoms with Crippen molar-refractivity contribution in [1.82, 2.24) is 14.7 Å². The average Bonchev–Trinajstić information content (AvgIpc) is 2.96. The Bertz CT molecular complexity index is 1330. The Morgan fingerprint density at radius 3 is 2.27 bits per heavy atom. The van der Waals surface area contributed by atoms with Crippen molar-refractivity contribution in [1.29, 1.82) is 0 Å². The minimum Gasteiger partial charge on any atom is -0.497 e. The molecule has 0 aromatic heterocycles. The van der Waals surface area contributed by atoms with E-state index in [-0.39, 0.29) is 36.7 Å². The lowest BCUT2D eigenvalue weighted by Gasteiger charge is -2.58. The van der Waals surface area contributed by atoms with E-state index >= 15 is 0 Å².